The van der Waals surface area contributed by atoms with Gasteiger partial charge in [-0.15, -0.1) is 0 Å². The van der Waals surface area contributed by atoms with Gasteiger partial charge in [-0.1, -0.05) is 18.2 Å². The Balaban J connectivity index is 2.25. The van der Waals surface area contributed by atoms with E-state index in [0.29, 0.717) is 6.42 Å². The summed E-state index contributed by atoms with van der Waals surface area (Å²) in [4.78, 5) is 0. The topological polar surface area (TPSA) is 26.0 Å². The molecule has 0 amide bonds. The van der Waals surface area contributed by atoms with E-state index in [1.807, 2.05) is 0 Å². The number of hydrogen-bond donors (Lipinski definition) is 1. The fraction of sp³-hybridized carbons (Fsp3) is 0.200. The Labute approximate surface area is 109 Å². The summed E-state index contributed by atoms with van der Waals surface area (Å²) in [5.41, 5.74) is 7.59. The lowest BCUT2D eigenvalue weighted by Gasteiger charge is -2.15. The molecule has 1 nitrogen and oxygen atoms in total. The molecule has 2 aromatic rings. The largest absolute Gasteiger partial charge is 0.324 e. The Morgan fingerprint density at radius 3 is 2.53 bits per heavy atom. The molecule has 0 aliphatic rings. The van der Waals surface area contributed by atoms with Gasteiger partial charge in [0.05, 0.1) is 0 Å². The van der Waals surface area contributed by atoms with Crippen LogP contribution in [0.5, 0.6) is 0 Å². The maximum atomic E-state index is 13.6. The van der Waals surface area contributed by atoms with Gasteiger partial charge in [-0.05, 0) is 42.7 Å². The van der Waals surface area contributed by atoms with E-state index >= 15 is 0 Å². The molecular formula is C15H14F3N. The number of halogens is 3. The van der Waals surface area contributed by atoms with E-state index in [0.717, 1.165) is 17.2 Å². The van der Waals surface area contributed by atoms with E-state index in [4.69, 9.17) is 5.73 Å². The molecule has 100 valence electrons. The molecule has 4 heteroatoms. The molecule has 0 spiro atoms. The molecule has 2 aromatic carbocycles. The third-order valence-electron chi connectivity index (χ3n) is 3.13. The third-order valence-corrected chi connectivity index (χ3v) is 3.13. The Bertz CT molecular complexity index is 596. The van der Waals surface area contributed by atoms with Crippen molar-refractivity contribution in [2.45, 2.75) is 19.4 Å². The van der Waals surface area contributed by atoms with Crippen LogP contribution in [0.25, 0.3) is 0 Å². The summed E-state index contributed by atoms with van der Waals surface area (Å²) in [6.07, 6.45) is 0.326. The molecule has 0 saturated heterocycles. The van der Waals surface area contributed by atoms with E-state index in [1.165, 1.54) is 24.3 Å². The molecule has 1 atom stereocenters. The highest BCUT2D eigenvalue weighted by atomic mass is 19.2. The highest BCUT2D eigenvalue weighted by Crippen LogP contribution is 2.22. The van der Waals surface area contributed by atoms with Crippen molar-refractivity contribution in [1.82, 2.24) is 0 Å². The number of aryl methyl sites for hydroxylation is 1. The van der Waals surface area contributed by atoms with Crippen molar-refractivity contribution >= 4 is 0 Å². The Hall–Kier alpha value is -1.81. The lowest BCUT2D eigenvalue weighted by atomic mass is 9.96. The Morgan fingerprint density at radius 2 is 1.84 bits per heavy atom. The molecule has 1 unspecified atom stereocenters. The highest BCUT2D eigenvalue weighted by Gasteiger charge is 2.16. The SMILES string of the molecule is Cc1cc(F)ccc1CC(N)c1cccc(F)c1F. The average molecular weight is 265 g/mol. The smallest absolute Gasteiger partial charge is 0.163 e. The predicted octanol–water partition coefficient (Wildman–Crippen LogP) is 3.65. The second-order valence-electron chi connectivity index (χ2n) is 4.52. The highest BCUT2D eigenvalue weighted by molar-refractivity contribution is 5.30. The number of rotatable bonds is 3. The van der Waals surface area contributed by atoms with E-state index in [9.17, 15) is 13.2 Å². The molecular weight excluding hydrogens is 251 g/mol. The first-order chi connectivity index (χ1) is 8.99. The lowest BCUT2D eigenvalue weighted by molar-refractivity contribution is 0.487. The summed E-state index contributed by atoms with van der Waals surface area (Å²) in [6, 6.07) is 7.60. The fourth-order valence-corrected chi connectivity index (χ4v) is 2.04. The molecule has 0 fully saturated rings. The normalized spacial score (nSPS) is 12.5. The summed E-state index contributed by atoms with van der Waals surface area (Å²) in [5.74, 6) is -2.16. The van der Waals surface area contributed by atoms with Gasteiger partial charge in [0, 0.05) is 11.6 Å². The predicted molar refractivity (Wildman–Crippen MR) is 68.1 cm³/mol. The second-order valence-corrected chi connectivity index (χ2v) is 4.52. The second kappa shape index (κ2) is 5.45. The Morgan fingerprint density at radius 1 is 1.11 bits per heavy atom. The molecule has 2 rings (SSSR count). The minimum absolute atomic E-state index is 0.128. The average Bonchev–Trinajstić information content (AvgIpc) is 2.36. The van der Waals surface area contributed by atoms with Crippen molar-refractivity contribution in [1.29, 1.82) is 0 Å². The first-order valence-corrected chi connectivity index (χ1v) is 5.93. The molecule has 0 bridgehead atoms. The molecule has 0 aromatic heterocycles. The van der Waals surface area contributed by atoms with Crippen molar-refractivity contribution in [3.63, 3.8) is 0 Å². The summed E-state index contributed by atoms with van der Waals surface area (Å²) in [5, 5.41) is 0. The molecule has 0 saturated carbocycles. The van der Waals surface area contributed by atoms with Crippen LogP contribution in [0.4, 0.5) is 13.2 Å². The van der Waals surface area contributed by atoms with E-state index in [2.05, 4.69) is 0 Å². The van der Waals surface area contributed by atoms with Crippen LogP contribution in [0.2, 0.25) is 0 Å². The molecule has 19 heavy (non-hydrogen) atoms. The van der Waals surface area contributed by atoms with Crippen LogP contribution in [-0.4, -0.2) is 0 Å². The van der Waals surface area contributed by atoms with Crippen LogP contribution >= 0.6 is 0 Å². The fourth-order valence-electron chi connectivity index (χ4n) is 2.04. The van der Waals surface area contributed by atoms with Crippen molar-refractivity contribution in [2.24, 2.45) is 5.73 Å². The summed E-state index contributed by atoms with van der Waals surface area (Å²) in [6.45, 7) is 1.76. The van der Waals surface area contributed by atoms with Crippen LogP contribution < -0.4 is 5.73 Å². The molecule has 0 radical (unpaired) electrons. The van der Waals surface area contributed by atoms with Crippen molar-refractivity contribution < 1.29 is 13.2 Å². The van der Waals surface area contributed by atoms with Gasteiger partial charge in [0.1, 0.15) is 5.82 Å². The maximum Gasteiger partial charge on any atom is 0.163 e. The van der Waals surface area contributed by atoms with Gasteiger partial charge in [-0.2, -0.15) is 0 Å². The minimum atomic E-state index is -0.922. The Kier molecular flexibility index (Phi) is 3.90. The standard InChI is InChI=1S/C15H14F3N/c1-9-7-11(16)6-5-10(9)8-14(19)12-3-2-4-13(17)15(12)18/h2-7,14H,8,19H2,1H3. The van der Waals surface area contributed by atoms with Gasteiger partial charge in [0.2, 0.25) is 0 Å². The van der Waals surface area contributed by atoms with Gasteiger partial charge in [-0.25, -0.2) is 13.2 Å². The van der Waals surface area contributed by atoms with Gasteiger partial charge in [0.15, 0.2) is 11.6 Å². The quantitative estimate of drug-likeness (QED) is 0.900. The summed E-state index contributed by atoms with van der Waals surface area (Å²) < 4.78 is 39.7. The summed E-state index contributed by atoms with van der Waals surface area (Å²) >= 11 is 0. The van der Waals surface area contributed by atoms with E-state index in [1.54, 1.807) is 13.0 Å². The van der Waals surface area contributed by atoms with Gasteiger partial charge in [0.25, 0.3) is 0 Å². The molecule has 2 N–H and O–H groups in total. The third kappa shape index (κ3) is 2.96. The van der Waals surface area contributed by atoms with Gasteiger partial charge < -0.3 is 5.73 Å². The van der Waals surface area contributed by atoms with E-state index < -0.39 is 17.7 Å². The van der Waals surface area contributed by atoms with Crippen LogP contribution in [0, 0.1) is 24.4 Å². The van der Waals surface area contributed by atoms with Crippen molar-refractivity contribution in [3.8, 4) is 0 Å². The first kappa shape index (κ1) is 13.6. The zero-order chi connectivity index (χ0) is 14.0. The number of hydrogen-bond acceptors (Lipinski definition) is 1. The minimum Gasteiger partial charge on any atom is -0.324 e. The zero-order valence-electron chi connectivity index (χ0n) is 10.5. The number of nitrogens with two attached hydrogens (primary N) is 1. The van der Waals surface area contributed by atoms with Crippen molar-refractivity contribution in [2.75, 3.05) is 0 Å². The lowest BCUT2D eigenvalue weighted by Crippen LogP contribution is -2.16. The monoisotopic (exact) mass is 265 g/mol. The van der Waals surface area contributed by atoms with Crippen molar-refractivity contribution in [3.05, 3.63) is 70.5 Å². The molecule has 0 aliphatic carbocycles. The zero-order valence-corrected chi connectivity index (χ0v) is 10.5. The molecule has 0 heterocycles. The molecule has 0 aliphatic heterocycles. The summed E-state index contributed by atoms with van der Waals surface area (Å²) in [7, 11) is 0. The van der Waals surface area contributed by atoms with Crippen LogP contribution in [0.1, 0.15) is 22.7 Å². The van der Waals surface area contributed by atoms with Gasteiger partial charge >= 0.3 is 0 Å². The van der Waals surface area contributed by atoms with E-state index in [-0.39, 0.29) is 11.4 Å². The van der Waals surface area contributed by atoms with Crippen LogP contribution in [0.15, 0.2) is 36.4 Å². The van der Waals surface area contributed by atoms with Crippen LogP contribution in [0.3, 0.4) is 0 Å². The number of benzene rings is 2. The van der Waals surface area contributed by atoms with Gasteiger partial charge in [-0.3, -0.25) is 0 Å². The first-order valence-electron chi connectivity index (χ1n) is 5.93. The maximum absolute atomic E-state index is 13.6. The van der Waals surface area contributed by atoms with Crippen LogP contribution in [-0.2, 0) is 6.42 Å².